The first-order chi connectivity index (χ1) is 13.7. The Morgan fingerprint density at radius 2 is 1.82 bits per heavy atom. The van der Waals surface area contributed by atoms with Crippen LogP contribution in [0.2, 0.25) is 0 Å². The minimum absolute atomic E-state index is 0.406. The molecule has 0 saturated heterocycles. The van der Waals surface area contributed by atoms with Crippen LogP contribution in [0.5, 0.6) is 11.5 Å². The van der Waals surface area contributed by atoms with Gasteiger partial charge in [-0.1, -0.05) is 24.3 Å². The average molecular weight is 395 g/mol. The van der Waals surface area contributed by atoms with E-state index in [1.54, 1.807) is 26.4 Å². The van der Waals surface area contributed by atoms with Crippen LogP contribution in [0.4, 0.5) is 15.6 Å². The SMILES string of the molecule is COc1ccccc1NC(=O)Nc1nc(-c2cc3cccc(OC)c3o2)cs1. The van der Waals surface area contributed by atoms with Gasteiger partial charge < -0.3 is 19.2 Å². The molecule has 0 fully saturated rings. The molecule has 2 heterocycles. The second kappa shape index (κ2) is 7.61. The zero-order chi connectivity index (χ0) is 19.5. The normalized spacial score (nSPS) is 10.6. The molecule has 0 spiro atoms. The molecule has 0 atom stereocenters. The molecular weight excluding hydrogens is 378 g/mol. The number of hydrogen-bond acceptors (Lipinski definition) is 6. The van der Waals surface area contributed by atoms with E-state index in [1.807, 2.05) is 41.8 Å². The van der Waals surface area contributed by atoms with Crippen molar-refractivity contribution in [2.75, 3.05) is 24.9 Å². The molecule has 0 aliphatic rings. The molecule has 0 bridgehead atoms. The Labute approximate surface area is 164 Å². The molecule has 2 amide bonds. The Morgan fingerprint density at radius 1 is 1.04 bits per heavy atom. The quantitative estimate of drug-likeness (QED) is 0.484. The molecule has 142 valence electrons. The number of amides is 2. The number of furan rings is 1. The Kier molecular flexibility index (Phi) is 4.86. The lowest BCUT2D eigenvalue weighted by atomic mass is 10.2. The van der Waals surface area contributed by atoms with Gasteiger partial charge in [0.05, 0.1) is 19.9 Å². The van der Waals surface area contributed by atoms with Gasteiger partial charge in [0.15, 0.2) is 22.2 Å². The van der Waals surface area contributed by atoms with Gasteiger partial charge in [-0.3, -0.25) is 5.32 Å². The Bertz CT molecular complexity index is 1140. The van der Waals surface area contributed by atoms with Crippen molar-refractivity contribution in [1.29, 1.82) is 0 Å². The van der Waals surface area contributed by atoms with Gasteiger partial charge in [-0.25, -0.2) is 9.78 Å². The number of hydrogen-bond donors (Lipinski definition) is 2. The Hall–Kier alpha value is -3.52. The van der Waals surface area contributed by atoms with Crippen LogP contribution >= 0.6 is 11.3 Å². The fraction of sp³-hybridized carbons (Fsp3) is 0.100. The van der Waals surface area contributed by atoms with Crippen LogP contribution in [-0.4, -0.2) is 25.2 Å². The third-order valence-electron chi connectivity index (χ3n) is 4.06. The van der Waals surface area contributed by atoms with E-state index in [1.165, 1.54) is 11.3 Å². The van der Waals surface area contributed by atoms with E-state index in [0.29, 0.717) is 39.4 Å². The van der Waals surface area contributed by atoms with Crippen LogP contribution in [0.3, 0.4) is 0 Å². The molecule has 0 aliphatic carbocycles. The number of urea groups is 1. The molecule has 0 aliphatic heterocycles. The fourth-order valence-electron chi connectivity index (χ4n) is 2.77. The predicted octanol–water partition coefficient (Wildman–Crippen LogP) is 5.22. The van der Waals surface area contributed by atoms with E-state index < -0.39 is 6.03 Å². The monoisotopic (exact) mass is 395 g/mol. The minimum Gasteiger partial charge on any atom is -0.495 e. The summed E-state index contributed by atoms with van der Waals surface area (Å²) in [5, 5.41) is 8.67. The van der Waals surface area contributed by atoms with Crippen molar-refractivity contribution in [3.05, 3.63) is 53.9 Å². The number of carbonyl (C=O) groups excluding carboxylic acids is 1. The van der Waals surface area contributed by atoms with Crippen LogP contribution in [0, 0.1) is 0 Å². The maximum absolute atomic E-state index is 12.3. The van der Waals surface area contributed by atoms with Crippen molar-refractivity contribution < 1.29 is 18.7 Å². The second-order valence-corrected chi connectivity index (χ2v) is 6.66. The molecule has 0 radical (unpaired) electrons. The maximum atomic E-state index is 12.3. The topological polar surface area (TPSA) is 85.6 Å². The predicted molar refractivity (Wildman–Crippen MR) is 110 cm³/mol. The molecule has 0 unspecified atom stereocenters. The van der Waals surface area contributed by atoms with Crippen molar-refractivity contribution in [3.8, 4) is 23.0 Å². The van der Waals surface area contributed by atoms with Crippen molar-refractivity contribution in [2.24, 2.45) is 0 Å². The number of fused-ring (bicyclic) bond motifs is 1. The molecular formula is C20H17N3O4S. The number of carbonyl (C=O) groups is 1. The number of benzene rings is 2. The van der Waals surface area contributed by atoms with Crippen molar-refractivity contribution >= 4 is 39.2 Å². The molecule has 2 N–H and O–H groups in total. The van der Waals surface area contributed by atoms with E-state index in [0.717, 1.165) is 5.39 Å². The Morgan fingerprint density at radius 3 is 2.64 bits per heavy atom. The van der Waals surface area contributed by atoms with Gasteiger partial charge in [0.2, 0.25) is 0 Å². The standard InChI is InChI=1S/C20H17N3O4S/c1-25-15-8-4-3-7-13(15)21-19(24)23-20-22-14(11-28-20)17-10-12-6-5-9-16(26-2)18(12)27-17/h3-11H,1-2H3,(H2,21,22,23,24). The summed E-state index contributed by atoms with van der Waals surface area (Å²) in [6.45, 7) is 0. The summed E-state index contributed by atoms with van der Waals surface area (Å²) in [6.07, 6.45) is 0. The first-order valence-corrected chi connectivity index (χ1v) is 9.29. The number of aromatic nitrogens is 1. The third kappa shape index (κ3) is 3.49. The number of rotatable bonds is 5. The van der Waals surface area contributed by atoms with E-state index in [9.17, 15) is 4.79 Å². The van der Waals surface area contributed by atoms with Gasteiger partial charge in [-0.15, -0.1) is 11.3 Å². The molecule has 28 heavy (non-hydrogen) atoms. The highest BCUT2D eigenvalue weighted by Crippen LogP contribution is 2.34. The van der Waals surface area contributed by atoms with Crippen LogP contribution in [-0.2, 0) is 0 Å². The molecule has 4 rings (SSSR count). The van der Waals surface area contributed by atoms with Gasteiger partial charge in [0.25, 0.3) is 0 Å². The highest BCUT2D eigenvalue weighted by Gasteiger charge is 2.14. The summed E-state index contributed by atoms with van der Waals surface area (Å²) in [7, 11) is 3.15. The van der Waals surface area contributed by atoms with Crippen LogP contribution < -0.4 is 20.1 Å². The first-order valence-electron chi connectivity index (χ1n) is 8.41. The highest BCUT2D eigenvalue weighted by atomic mass is 32.1. The molecule has 7 nitrogen and oxygen atoms in total. The van der Waals surface area contributed by atoms with Crippen LogP contribution in [0.25, 0.3) is 22.4 Å². The third-order valence-corrected chi connectivity index (χ3v) is 4.82. The minimum atomic E-state index is -0.406. The second-order valence-electron chi connectivity index (χ2n) is 5.81. The van der Waals surface area contributed by atoms with Gasteiger partial charge in [-0.05, 0) is 24.3 Å². The van der Waals surface area contributed by atoms with Crippen molar-refractivity contribution in [3.63, 3.8) is 0 Å². The number of nitrogens with zero attached hydrogens (tertiary/aromatic N) is 1. The molecule has 4 aromatic rings. The highest BCUT2D eigenvalue weighted by molar-refractivity contribution is 7.14. The van der Waals surface area contributed by atoms with E-state index in [4.69, 9.17) is 13.9 Å². The van der Waals surface area contributed by atoms with Gasteiger partial charge in [-0.2, -0.15) is 0 Å². The lowest BCUT2D eigenvalue weighted by molar-refractivity contribution is 0.262. The number of para-hydroxylation sites is 3. The Balaban J connectivity index is 1.51. The summed E-state index contributed by atoms with van der Waals surface area (Å²) >= 11 is 1.31. The van der Waals surface area contributed by atoms with Crippen LogP contribution in [0.15, 0.2) is 58.3 Å². The summed E-state index contributed by atoms with van der Waals surface area (Å²) in [4.78, 5) is 16.7. The summed E-state index contributed by atoms with van der Waals surface area (Å²) in [6, 6.07) is 14.3. The van der Waals surface area contributed by atoms with E-state index in [2.05, 4.69) is 15.6 Å². The maximum Gasteiger partial charge on any atom is 0.325 e. The smallest absolute Gasteiger partial charge is 0.325 e. The zero-order valence-corrected chi connectivity index (χ0v) is 16.0. The number of anilines is 2. The lowest BCUT2D eigenvalue weighted by Crippen LogP contribution is -2.19. The number of nitrogens with one attached hydrogen (secondary N) is 2. The van der Waals surface area contributed by atoms with Gasteiger partial charge >= 0.3 is 6.03 Å². The summed E-state index contributed by atoms with van der Waals surface area (Å²) in [5.41, 5.74) is 1.87. The van der Waals surface area contributed by atoms with Gasteiger partial charge in [0, 0.05) is 10.8 Å². The number of ether oxygens (including phenoxy) is 2. The van der Waals surface area contributed by atoms with Crippen molar-refractivity contribution in [1.82, 2.24) is 4.98 Å². The molecule has 2 aromatic carbocycles. The van der Waals surface area contributed by atoms with Crippen molar-refractivity contribution in [2.45, 2.75) is 0 Å². The van der Waals surface area contributed by atoms with Gasteiger partial charge in [0.1, 0.15) is 11.4 Å². The average Bonchev–Trinajstić information content (AvgIpc) is 3.34. The fourth-order valence-corrected chi connectivity index (χ4v) is 3.46. The molecule has 2 aromatic heterocycles. The number of methoxy groups -OCH3 is 2. The van der Waals surface area contributed by atoms with E-state index in [-0.39, 0.29) is 0 Å². The zero-order valence-electron chi connectivity index (χ0n) is 15.2. The van der Waals surface area contributed by atoms with Crippen LogP contribution in [0.1, 0.15) is 0 Å². The lowest BCUT2D eigenvalue weighted by Gasteiger charge is -2.09. The number of thiazole rings is 1. The van der Waals surface area contributed by atoms with E-state index >= 15 is 0 Å². The summed E-state index contributed by atoms with van der Waals surface area (Å²) in [5.74, 6) is 1.84. The summed E-state index contributed by atoms with van der Waals surface area (Å²) < 4.78 is 16.4. The molecule has 8 heteroatoms. The first kappa shape index (κ1) is 17.9. The largest absolute Gasteiger partial charge is 0.495 e. The molecule has 0 saturated carbocycles.